The third kappa shape index (κ3) is 7.03. The molecule has 0 spiro atoms. The fourth-order valence-electron chi connectivity index (χ4n) is 5.09. The average molecular weight is 553 g/mol. The number of esters is 1. The molecule has 0 amide bonds. The summed E-state index contributed by atoms with van der Waals surface area (Å²) in [4.78, 5) is 30.1. The highest BCUT2D eigenvalue weighted by Crippen LogP contribution is 2.35. The van der Waals surface area contributed by atoms with Crippen molar-refractivity contribution in [2.75, 3.05) is 26.7 Å². The molecule has 0 saturated carbocycles. The predicted molar refractivity (Wildman–Crippen MR) is 156 cm³/mol. The molecule has 1 aliphatic rings. The Labute approximate surface area is 232 Å². The highest BCUT2D eigenvalue weighted by Gasteiger charge is 2.36. The van der Waals surface area contributed by atoms with E-state index in [1.54, 1.807) is 12.1 Å². The zero-order valence-corrected chi connectivity index (χ0v) is 24.2. The van der Waals surface area contributed by atoms with Crippen molar-refractivity contribution < 1.29 is 13.9 Å². The maximum atomic E-state index is 13.8. The van der Waals surface area contributed by atoms with Gasteiger partial charge >= 0.3 is 11.7 Å². The number of carbonyl (C=O) groups is 1. The van der Waals surface area contributed by atoms with Crippen LogP contribution in [-0.2, 0) is 16.7 Å². The van der Waals surface area contributed by atoms with Crippen molar-refractivity contribution in [2.24, 2.45) is 0 Å². The summed E-state index contributed by atoms with van der Waals surface area (Å²) in [7, 11) is 3.59. The first-order chi connectivity index (χ1) is 18.9. The molecular formula is C30H38FN4O3P. The van der Waals surface area contributed by atoms with Crippen molar-refractivity contribution in [3.05, 3.63) is 76.1 Å². The molecule has 4 rings (SSSR count). The molecule has 1 aliphatic heterocycles. The van der Waals surface area contributed by atoms with Crippen LogP contribution in [-0.4, -0.2) is 47.2 Å². The number of unbranched alkanes of at least 4 members (excludes halogenated alkanes) is 2. The number of hydrogen-bond acceptors (Lipinski definition) is 5. The molecule has 9 heteroatoms. The molecule has 3 aromatic rings. The van der Waals surface area contributed by atoms with Crippen LogP contribution < -0.4 is 11.0 Å². The number of hydrogen-bond donors (Lipinski definition) is 1. The lowest BCUT2D eigenvalue weighted by atomic mass is 9.74. The topological polar surface area (TPSA) is 91.1 Å². The van der Waals surface area contributed by atoms with E-state index in [1.807, 2.05) is 44.2 Å². The van der Waals surface area contributed by atoms with Gasteiger partial charge in [-0.15, -0.1) is 9.24 Å². The second kappa shape index (κ2) is 14.2. The molecule has 1 fully saturated rings. The lowest BCUT2D eigenvalue weighted by molar-refractivity contribution is 0.0595. The van der Waals surface area contributed by atoms with Gasteiger partial charge in [0.25, 0.3) is 0 Å². The molecule has 0 aliphatic carbocycles. The van der Waals surface area contributed by atoms with Crippen LogP contribution in [0, 0.1) is 17.1 Å². The Kier molecular flexibility index (Phi) is 11.0. The molecule has 39 heavy (non-hydrogen) atoms. The fraction of sp³-hybridized carbons (Fsp3) is 0.433. The molecule has 1 aromatic heterocycles. The summed E-state index contributed by atoms with van der Waals surface area (Å²) in [5.41, 5.74) is 1.35. The number of nitriles is 1. The van der Waals surface area contributed by atoms with Crippen molar-refractivity contribution >= 4 is 20.5 Å². The monoisotopic (exact) mass is 552 g/mol. The summed E-state index contributed by atoms with van der Waals surface area (Å²) < 4.78 is 20.2. The van der Waals surface area contributed by atoms with Gasteiger partial charge in [0.15, 0.2) is 5.69 Å². The number of methoxy groups -OCH3 is 1. The number of ether oxygens (including phenoxy) is 1. The van der Waals surface area contributed by atoms with Gasteiger partial charge in [0.05, 0.1) is 24.3 Å². The Morgan fingerprint density at radius 1 is 1.10 bits per heavy atom. The van der Waals surface area contributed by atoms with Gasteiger partial charge in [-0.2, -0.15) is 5.26 Å². The van der Waals surface area contributed by atoms with E-state index in [0.717, 1.165) is 57.3 Å². The van der Waals surface area contributed by atoms with Gasteiger partial charge in [0.2, 0.25) is 0 Å². The molecule has 7 nitrogen and oxygen atoms in total. The SMILES string of the molecule is CC.COC(=O)c1[nH]c(=O)n(CCCCCN2CCC(C#N)(c3ccccc3)CC2)c1-c1ccc(F)c(P)c1. The van der Waals surface area contributed by atoms with Gasteiger partial charge in [-0.3, -0.25) is 9.55 Å². The van der Waals surface area contributed by atoms with Crippen molar-refractivity contribution in [3.63, 3.8) is 0 Å². The molecule has 1 unspecified atom stereocenters. The Bertz CT molecular complexity index is 1340. The van der Waals surface area contributed by atoms with Gasteiger partial charge < -0.3 is 9.64 Å². The minimum atomic E-state index is -0.644. The number of carbonyl (C=O) groups excluding carboxylic acids is 1. The Morgan fingerprint density at radius 2 is 1.77 bits per heavy atom. The van der Waals surface area contributed by atoms with Crippen LogP contribution in [0.2, 0.25) is 0 Å². The number of nitrogens with zero attached hydrogens (tertiary/aromatic N) is 3. The molecule has 2 aromatic carbocycles. The molecule has 208 valence electrons. The largest absolute Gasteiger partial charge is 0.464 e. The zero-order chi connectivity index (χ0) is 28.4. The summed E-state index contributed by atoms with van der Waals surface area (Å²) in [5.74, 6) is -1.03. The van der Waals surface area contributed by atoms with E-state index >= 15 is 0 Å². The molecule has 0 bridgehead atoms. The van der Waals surface area contributed by atoms with E-state index in [1.165, 1.54) is 17.7 Å². The van der Waals surface area contributed by atoms with E-state index in [-0.39, 0.29) is 11.5 Å². The highest BCUT2D eigenvalue weighted by molar-refractivity contribution is 7.27. The lowest BCUT2D eigenvalue weighted by Gasteiger charge is -2.37. The predicted octanol–water partition coefficient (Wildman–Crippen LogP) is 5.02. The first-order valence-corrected chi connectivity index (χ1v) is 14.1. The third-order valence-corrected chi connectivity index (χ3v) is 7.69. The molecule has 0 radical (unpaired) electrons. The van der Waals surface area contributed by atoms with Gasteiger partial charge in [0, 0.05) is 17.4 Å². The number of likely N-dealkylation sites (tertiary alicyclic amines) is 1. The number of aromatic amines is 1. The summed E-state index contributed by atoms with van der Waals surface area (Å²) in [6, 6.07) is 17.1. The van der Waals surface area contributed by atoms with E-state index in [9.17, 15) is 19.2 Å². The summed E-state index contributed by atoms with van der Waals surface area (Å²) >= 11 is 0. The smallest absolute Gasteiger partial charge is 0.356 e. The Balaban J connectivity index is 0.00000205. The van der Waals surface area contributed by atoms with Crippen LogP contribution in [0.5, 0.6) is 0 Å². The average Bonchev–Trinajstić information content (AvgIpc) is 3.31. The third-order valence-electron chi connectivity index (χ3n) is 7.25. The number of imidazole rings is 1. The number of nitrogens with one attached hydrogen (secondary N) is 1. The van der Waals surface area contributed by atoms with Crippen molar-refractivity contribution in [3.8, 4) is 17.3 Å². The number of piperidine rings is 1. The van der Waals surface area contributed by atoms with Gasteiger partial charge in [-0.25, -0.2) is 14.0 Å². The zero-order valence-electron chi connectivity index (χ0n) is 23.0. The van der Waals surface area contributed by atoms with E-state index in [4.69, 9.17) is 4.74 Å². The van der Waals surface area contributed by atoms with E-state index < -0.39 is 17.1 Å². The van der Waals surface area contributed by atoms with E-state index in [2.05, 4.69) is 25.2 Å². The summed E-state index contributed by atoms with van der Waals surface area (Å²) in [6.07, 6.45) is 4.26. The molecule has 2 heterocycles. The quantitative estimate of drug-likeness (QED) is 0.229. The number of H-pyrrole nitrogens is 1. The number of rotatable bonds is 9. The highest BCUT2D eigenvalue weighted by atomic mass is 31.0. The van der Waals surface area contributed by atoms with Gasteiger partial charge in [-0.05, 0) is 69.1 Å². The maximum Gasteiger partial charge on any atom is 0.356 e. The van der Waals surface area contributed by atoms with E-state index in [0.29, 0.717) is 23.1 Å². The molecular weight excluding hydrogens is 514 g/mol. The van der Waals surface area contributed by atoms with Crippen LogP contribution in [0.1, 0.15) is 62.0 Å². The van der Waals surface area contributed by atoms with Crippen LogP contribution >= 0.6 is 9.24 Å². The van der Waals surface area contributed by atoms with Gasteiger partial charge in [-0.1, -0.05) is 50.6 Å². The standard InChI is InChI=1S/C28H32FN4O3P.C2H6/c1-36-26(34)24-25(20-10-11-22(29)23(37)18-20)33(27(35)31-24)15-7-3-6-14-32-16-12-28(19-30,13-17-32)21-8-4-2-5-9-21;1-2/h2,4-5,8-11,18H,3,6-7,12-17,37H2,1H3,(H,31,35);1-2H3. The Morgan fingerprint density at radius 3 is 2.38 bits per heavy atom. The number of benzene rings is 2. The maximum absolute atomic E-state index is 13.8. The van der Waals surface area contributed by atoms with Gasteiger partial charge in [0.1, 0.15) is 5.82 Å². The Hall–Kier alpha value is -3.27. The van der Waals surface area contributed by atoms with Crippen LogP contribution in [0.25, 0.3) is 11.3 Å². The van der Waals surface area contributed by atoms with Crippen molar-refractivity contribution in [1.29, 1.82) is 5.26 Å². The minimum Gasteiger partial charge on any atom is -0.464 e. The lowest BCUT2D eigenvalue weighted by Crippen LogP contribution is -2.42. The van der Waals surface area contributed by atoms with Crippen molar-refractivity contribution in [1.82, 2.24) is 14.5 Å². The second-order valence-corrected chi connectivity index (χ2v) is 10.1. The minimum absolute atomic E-state index is 0.0659. The fourth-order valence-corrected chi connectivity index (χ4v) is 5.36. The molecule has 1 saturated heterocycles. The van der Waals surface area contributed by atoms with Crippen LogP contribution in [0.15, 0.2) is 53.3 Å². The normalized spacial score (nSPS) is 14.7. The van der Waals surface area contributed by atoms with Crippen LogP contribution in [0.3, 0.4) is 0 Å². The number of halogens is 1. The molecule has 1 atom stereocenters. The number of aromatic nitrogens is 2. The summed E-state index contributed by atoms with van der Waals surface area (Å²) in [6.45, 7) is 7.13. The summed E-state index contributed by atoms with van der Waals surface area (Å²) in [5, 5.41) is 10.2. The first kappa shape index (κ1) is 30.3. The van der Waals surface area contributed by atoms with Crippen molar-refractivity contribution in [2.45, 2.75) is 57.9 Å². The molecule has 1 N–H and O–H groups in total. The van der Waals surface area contributed by atoms with Crippen LogP contribution in [0.4, 0.5) is 4.39 Å². The second-order valence-electron chi connectivity index (χ2n) is 9.50. The first-order valence-electron chi connectivity index (χ1n) is 13.5.